The Morgan fingerprint density at radius 1 is 0.789 bits per heavy atom. The van der Waals surface area contributed by atoms with Crippen LogP contribution in [0.15, 0.2) is 90.3 Å². The lowest BCUT2D eigenvalue weighted by Crippen LogP contribution is -2.53. The number of rotatable bonds is 6. The maximum Gasteiger partial charge on any atom is 0.227 e. The second-order valence-corrected chi connectivity index (χ2v) is 11.1. The van der Waals surface area contributed by atoms with Gasteiger partial charge in [0.25, 0.3) is 0 Å². The average molecular weight is 524 g/mol. The molecule has 0 saturated carbocycles. The third-order valence-corrected chi connectivity index (χ3v) is 8.63. The molecule has 1 unspecified atom stereocenters. The van der Waals surface area contributed by atoms with Crippen molar-refractivity contribution in [3.63, 3.8) is 0 Å². The highest BCUT2D eigenvalue weighted by Crippen LogP contribution is 2.31. The zero-order valence-electron chi connectivity index (χ0n) is 21.5. The molecule has 4 aromatic rings. The van der Waals surface area contributed by atoms with Gasteiger partial charge in [0.05, 0.1) is 16.8 Å². The molecule has 4 heterocycles. The average Bonchev–Trinajstić information content (AvgIpc) is 3.54. The van der Waals surface area contributed by atoms with Gasteiger partial charge in [-0.2, -0.15) is 0 Å². The summed E-state index contributed by atoms with van der Waals surface area (Å²) in [5.74, 6) is 1.16. The van der Waals surface area contributed by atoms with Crippen LogP contribution in [0.2, 0.25) is 0 Å². The van der Waals surface area contributed by atoms with Gasteiger partial charge in [-0.25, -0.2) is 0 Å². The van der Waals surface area contributed by atoms with Crippen molar-refractivity contribution < 1.29 is 4.79 Å². The Balaban J connectivity index is 1.09. The normalized spacial score (nSPS) is 18.6. The van der Waals surface area contributed by atoms with E-state index >= 15 is 0 Å². The molecule has 194 valence electrons. The lowest BCUT2D eigenvalue weighted by Gasteiger charge is -2.42. The third kappa shape index (κ3) is 5.35. The Labute approximate surface area is 228 Å². The zero-order valence-corrected chi connectivity index (χ0v) is 22.3. The summed E-state index contributed by atoms with van der Waals surface area (Å²) in [6.07, 6.45) is 1.93. The van der Waals surface area contributed by atoms with Crippen molar-refractivity contribution in [1.29, 1.82) is 0 Å². The van der Waals surface area contributed by atoms with Gasteiger partial charge in [0, 0.05) is 39.3 Å². The van der Waals surface area contributed by atoms with Gasteiger partial charge in [0.1, 0.15) is 5.69 Å². The summed E-state index contributed by atoms with van der Waals surface area (Å²) in [5, 5.41) is 11.0. The summed E-state index contributed by atoms with van der Waals surface area (Å²) in [7, 11) is 0. The Bertz CT molecular complexity index is 1270. The van der Waals surface area contributed by atoms with Gasteiger partial charge >= 0.3 is 0 Å². The minimum atomic E-state index is 0.00751. The molecular weight excluding hydrogens is 490 g/mol. The standard InChI is InChI=1S/C31H33N5OS/c37-31(26-13-7-17-36(23-26)29-16-15-27(32-33-29)28-14-8-22-38-28)35-20-18-34(19-21-35)30(24-9-3-1-4-10-24)25-11-5-2-6-12-25/h1-6,8-12,14-16,22,26,30H,7,13,17-21,23H2. The number of thiophene rings is 1. The van der Waals surface area contributed by atoms with Crippen LogP contribution in [0, 0.1) is 5.92 Å². The molecule has 2 fully saturated rings. The maximum absolute atomic E-state index is 13.6. The van der Waals surface area contributed by atoms with E-state index in [9.17, 15) is 4.79 Å². The van der Waals surface area contributed by atoms with Crippen LogP contribution in [0.4, 0.5) is 5.82 Å². The van der Waals surface area contributed by atoms with Gasteiger partial charge in [-0.3, -0.25) is 9.69 Å². The van der Waals surface area contributed by atoms with Crippen LogP contribution in [0.1, 0.15) is 30.0 Å². The lowest BCUT2D eigenvalue weighted by atomic mass is 9.95. The number of piperazine rings is 1. The molecule has 6 nitrogen and oxygen atoms in total. The molecule has 0 radical (unpaired) electrons. The molecule has 2 aromatic heterocycles. The van der Waals surface area contributed by atoms with Crippen molar-refractivity contribution in [3.05, 3.63) is 101 Å². The van der Waals surface area contributed by atoms with E-state index < -0.39 is 0 Å². The largest absolute Gasteiger partial charge is 0.354 e. The van der Waals surface area contributed by atoms with E-state index in [0.29, 0.717) is 6.54 Å². The zero-order chi connectivity index (χ0) is 25.7. The number of hydrogen-bond donors (Lipinski definition) is 0. The Morgan fingerprint density at radius 3 is 2.11 bits per heavy atom. The maximum atomic E-state index is 13.6. The molecule has 0 spiro atoms. The first-order valence-electron chi connectivity index (χ1n) is 13.5. The summed E-state index contributed by atoms with van der Waals surface area (Å²) >= 11 is 1.67. The summed E-state index contributed by atoms with van der Waals surface area (Å²) in [6, 6.07) is 29.8. The molecular formula is C31H33N5OS. The molecule has 38 heavy (non-hydrogen) atoms. The smallest absolute Gasteiger partial charge is 0.227 e. The quantitative estimate of drug-likeness (QED) is 0.341. The third-order valence-electron chi connectivity index (χ3n) is 7.74. The molecule has 2 saturated heterocycles. The summed E-state index contributed by atoms with van der Waals surface area (Å²) in [5.41, 5.74) is 3.50. The SMILES string of the molecule is O=C(C1CCCN(c2ccc(-c3cccs3)nn2)C1)N1CCN(C(c2ccccc2)c2ccccc2)CC1. The number of hydrogen-bond acceptors (Lipinski definition) is 6. The fourth-order valence-electron chi connectivity index (χ4n) is 5.78. The molecule has 2 aromatic carbocycles. The van der Waals surface area contributed by atoms with Gasteiger partial charge in [0.15, 0.2) is 5.82 Å². The number of benzene rings is 2. The number of piperidine rings is 1. The van der Waals surface area contributed by atoms with Crippen LogP contribution in [0.3, 0.4) is 0 Å². The highest BCUT2D eigenvalue weighted by Gasteiger charge is 2.33. The van der Waals surface area contributed by atoms with E-state index in [1.807, 2.05) is 18.2 Å². The Kier molecular flexibility index (Phi) is 7.47. The number of nitrogens with zero attached hydrogens (tertiary/aromatic N) is 5. The van der Waals surface area contributed by atoms with E-state index in [0.717, 1.165) is 62.0 Å². The number of amides is 1. The van der Waals surface area contributed by atoms with E-state index in [1.54, 1.807) is 11.3 Å². The van der Waals surface area contributed by atoms with Crippen molar-refractivity contribution in [2.24, 2.45) is 5.92 Å². The first-order chi connectivity index (χ1) is 18.8. The van der Waals surface area contributed by atoms with Crippen molar-refractivity contribution in [3.8, 4) is 10.6 Å². The van der Waals surface area contributed by atoms with E-state index in [4.69, 9.17) is 0 Å². The minimum Gasteiger partial charge on any atom is -0.354 e. The summed E-state index contributed by atoms with van der Waals surface area (Å²) < 4.78 is 0. The number of carbonyl (C=O) groups is 1. The summed E-state index contributed by atoms with van der Waals surface area (Å²) in [4.78, 5) is 21.6. The Morgan fingerprint density at radius 2 is 1.50 bits per heavy atom. The molecule has 2 aliphatic rings. The lowest BCUT2D eigenvalue weighted by molar-refractivity contribution is -0.137. The monoisotopic (exact) mass is 523 g/mol. The highest BCUT2D eigenvalue weighted by atomic mass is 32.1. The fourth-order valence-corrected chi connectivity index (χ4v) is 6.47. The molecule has 7 heteroatoms. The van der Waals surface area contributed by atoms with Crippen molar-refractivity contribution in [1.82, 2.24) is 20.0 Å². The molecule has 0 N–H and O–H groups in total. The van der Waals surface area contributed by atoms with E-state index in [2.05, 4.69) is 97.0 Å². The Hall–Kier alpha value is -3.55. The molecule has 6 rings (SSSR count). The van der Waals surface area contributed by atoms with Crippen molar-refractivity contribution >= 4 is 23.1 Å². The molecule has 0 aliphatic carbocycles. The van der Waals surface area contributed by atoms with Gasteiger partial charge < -0.3 is 9.80 Å². The predicted molar refractivity (Wildman–Crippen MR) is 153 cm³/mol. The van der Waals surface area contributed by atoms with Crippen molar-refractivity contribution in [2.75, 3.05) is 44.2 Å². The van der Waals surface area contributed by atoms with E-state index in [-0.39, 0.29) is 17.9 Å². The molecule has 1 atom stereocenters. The van der Waals surface area contributed by atoms with Crippen LogP contribution in [-0.4, -0.2) is 65.2 Å². The second kappa shape index (κ2) is 11.5. The van der Waals surface area contributed by atoms with Crippen LogP contribution in [0.25, 0.3) is 10.6 Å². The van der Waals surface area contributed by atoms with Crippen LogP contribution < -0.4 is 4.90 Å². The van der Waals surface area contributed by atoms with Crippen LogP contribution in [-0.2, 0) is 4.79 Å². The first kappa shape index (κ1) is 24.8. The van der Waals surface area contributed by atoms with Gasteiger partial charge in [-0.15, -0.1) is 21.5 Å². The topological polar surface area (TPSA) is 52.6 Å². The summed E-state index contributed by atoms with van der Waals surface area (Å²) in [6.45, 7) is 4.89. The number of anilines is 1. The van der Waals surface area contributed by atoms with Gasteiger partial charge in [-0.05, 0) is 47.5 Å². The molecule has 1 amide bonds. The fraction of sp³-hybridized carbons (Fsp3) is 0.323. The number of aromatic nitrogens is 2. The number of carbonyl (C=O) groups excluding carboxylic acids is 1. The van der Waals surface area contributed by atoms with Crippen LogP contribution >= 0.6 is 11.3 Å². The highest BCUT2D eigenvalue weighted by molar-refractivity contribution is 7.13. The predicted octanol–water partition coefficient (Wildman–Crippen LogP) is 5.36. The molecule has 0 bridgehead atoms. The minimum absolute atomic E-state index is 0.00751. The van der Waals surface area contributed by atoms with Gasteiger partial charge in [0.2, 0.25) is 5.91 Å². The van der Waals surface area contributed by atoms with Crippen LogP contribution in [0.5, 0.6) is 0 Å². The van der Waals surface area contributed by atoms with Crippen molar-refractivity contribution in [2.45, 2.75) is 18.9 Å². The first-order valence-corrected chi connectivity index (χ1v) is 14.4. The van der Waals surface area contributed by atoms with E-state index in [1.165, 1.54) is 11.1 Å². The van der Waals surface area contributed by atoms with Gasteiger partial charge in [-0.1, -0.05) is 66.7 Å². The molecule has 2 aliphatic heterocycles. The second-order valence-electron chi connectivity index (χ2n) is 10.1.